The summed E-state index contributed by atoms with van der Waals surface area (Å²) in [5.74, 6) is 0.215. The zero-order chi connectivity index (χ0) is 11.5. The summed E-state index contributed by atoms with van der Waals surface area (Å²) in [6, 6.07) is 3.33. The average Bonchev–Trinajstić information content (AvgIpc) is 2.75. The molecule has 4 N–H and O–H groups in total. The van der Waals surface area contributed by atoms with Crippen LogP contribution in [0.1, 0.15) is 16.1 Å². The number of amides is 1. The molecule has 0 spiro atoms. The van der Waals surface area contributed by atoms with Gasteiger partial charge >= 0.3 is 0 Å². The minimum Gasteiger partial charge on any atom is -0.397 e. The average molecular weight is 217 g/mol. The number of carbonyl (C=O) groups is 1. The third-order valence-corrected chi connectivity index (χ3v) is 2.08. The van der Waals surface area contributed by atoms with Gasteiger partial charge in [-0.15, -0.1) is 0 Å². The lowest BCUT2D eigenvalue weighted by molar-refractivity contribution is 0.102. The van der Waals surface area contributed by atoms with Crippen LogP contribution in [0.5, 0.6) is 0 Å². The largest absolute Gasteiger partial charge is 0.397 e. The van der Waals surface area contributed by atoms with Gasteiger partial charge in [0.25, 0.3) is 5.91 Å². The van der Waals surface area contributed by atoms with E-state index >= 15 is 0 Å². The monoisotopic (exact) mass is 217 g/mol. The first-order chi connectivity index (χ1) is 7.66. The van der Waals surface area contributed by atoms with Crippen LogP contribution in [0.3, 0.4) is 0 Å². The van der Waals surface area contributed by atoms with Gasteiger partial charge in [-0.25, -0.2) is 4.98 Å². The molecule has 0 unspecified atom stereocenters. The Morgan fingerprint density at radius 1 is 1.56 bits per heavy atom. The Labute approximate surface area is 91.9 Å². The van der Waals surface area contributed by atoms with E-state index in [0.717, 1.165) is 5.56 Å². The second kappa shape index (κ2) is 4.01. The highest BCUT2D eigenvalue weighted by Gasteiger charge is 2.09. The molecule has 6 nitrogen and oxygen atoms in total. The molecule has 0 fully saturated rings. The number of nitrogens with one attached hydrogen (secondary N) is 2. The van der Waals surface area contributed by atoms with Crippen molar-refractivity contribution in [2.45, 2.75) is 6.92 Å². The van der Waals surface area contributed by atoms with Crippen LogP contribution in [0, 0.1) is 6.92 Å². The molecule has 0 bridgehead atoms. The van der Waals surface area contributed by atoms with E-state index < -0.39 is 0 Å². The molecule has 6 heteroatoms. The van der Waals surface area contributed by atoms with Crippen LogP contribution in [0.15, 0.2) is 24.5 Å². The van der Waals surface area contributed by atoms with E-state index in [1.54, 1.807) is 12.1 Å². The first-order valence-corrected chi connectivity index (χ1v) is 4.69. The van der Waals surface area contributed by atoms with Gasteiger partial charge in [-0.05, 0) is 24.6 Å². The Morgan fingerprint density at radius 2 is 2.38 bits per heavy atom. The minimum absolute atomic E-state index is 0.280. The summed E-state index contributed by atoms with van der Waals surface area (Å²) in [4.78, 5) is 15.7. The number of rotatable bonds is 2. The lowest BCUT2D eigenvalue weighted by atomic mass is 10.2. The molecular weight excluding hydrogens is 206 g/mol. The van der Waals surface area contributed by atoms with Crippen molar-refractivity contribution in [1.82, 2.24) is 15.2 Å². The van der Waals surface area contributed by atoms with Gasteiger partial charge in [0, 0.05) is 6.20 Å². The van der Waals surface area contributed by atoms with E-state index in [2.05, 4.69) is 20.5 Å². The van der Waals surface area contributed by atoms with Crippen LogP contribution in [0.25, 0.3) is 0 Å². The van der Waals surface area contributed by atoms with Gasteiger partial charge in [-0.2, -0.15) is 5.10 Å². The molecule has 0 atom stereocenters. The standard InChI is InChI=1S/C10H11N5O/c1-6-4-7(11)5-12-9(6)14-10(16)8-2-3-13-15-8/h2-5H,11H2,1H3,(H,13,15)(H,12,14,16). The van der Waals surface area contributed by atoms with E-state index in [-0.39, 0.29) is 5.91 Å². The molecule has 0 aromatic carbocycles. The number of H-pyrrole nitrogens is 1. The number of nitrogens with two attached hydrogens (primary N) is 1. The van der Waals surface area contributed by atoms with Crippen LogP contribution in [-0.2, 0) is 0 Å². The van der Waals surface area contributed by atoms with Crippen molar-refractivity contribution in [1.29, 1.82) is 0 Å². The van der Waals surface area contributed by atoms with Gasteiger partial charge < -0.3 is 11.1 Å². The van der Waals surface area contributed by atoms with Crippen LogP contribution in [-0.4, -0.2) is 21.1 Å². The van der Waals surface area contributed by atoms with Gasteiger partial charge in [0.05, 0.1) is 11.9 Å². The van der Waals surface area contributed by atoms with Gasteiger partial charge in [0.1, 0.15) is 11.5 Å². The van der Waals surface area contributed by atoms with Crippen molar-refractivity contribution < 1.29 is 4.79 Å². The van der Waals surface area contributed by atoms with E-state index in [4.69, 9.17) is 5.73 Å². The summed E-state index contributed by atoms with van der Waals surface area (Å²) < 4.78 is 0. The van der Waals surface area contributed by atoms with E-state index in [1.807, 2.05) is 6.92 Å². The van der Waals surface area contributed by atoms with Crippen molar-refractivity contribution in [3.63, 3.8) is 0 Å². The van der Waals surface area contributed by atoms with Crippen molar-refractivity contribution in [2.75, 3.05) is 11.1 Å². The van der Waals surface area contributed by atoms with E-state index in [1.165, 1.54) is 12.4 Å². The third kappa shape index (κ3) is 2.00. The fourth-order valence-electron chi connectivity index (χ4n) is 1.28. The lowest BCUT2D eigenvalue weighted by Gasteiger charge is -2.06. The molecule has 0 aliphatic rings. The SMILES string of the molecule is Cc1cc(N)cnc1NC(=O)c1ccn[nH]1. The highest BCUT2D eigenvalue weighted by atomic mass is 16.2. The Bertz CT molecular complexity index is 506. The van der Waals surface area contributed by atoms with Gasteiger partial charge in [0.2, 0.25) is 0 Å². The second-order valence-electron chi connectivity index (χ2n) is 3.36. The zero-order valence-corrected chi connectivity index (χ0v) is 8.69. The molecular formula is C10H11N5O. The molecule has 2 rings (SSSR count). The number of aromatic nitrogens is 3. The summed E-state index contributed by atoms with van der Waals surface area (Å²) in [6.45, 7) is 1.83. The maximum Gasteiger partial charge on any atom is 0.274 e. The summed E-state index contributed by atoms with van der Waals surface area (Å²) in [5, 5.41) is 8.93. The zero-order valence-electron chi connectivity index (χ0n) is 8.69. The molecule has 2 aromatic heterocycles. The predicted octanol–water partition coefficient (Wildman–Crippen LogP) is 0.948. The highest BCUT2D eigenvalue weighted by Crippen LogP contribution is 2.14. The minimum atomic E-state index is -0.280. The molecule has 0 aliphatic heterocycles. The second-order valence-corrected chi connectivity index (χ2v) is 3.36. The molecule has 0 aliphatic carbocycles. The van der Waals surface area contributed by atoms with Crippen LogP contribution >= 0.6 is 0 Å². The maximum atomic E-state index is 11.7. The number of aryl methyl sites for hydroxylation is 1. The number of hydrogen-bond donors (Lipinski definition) is 3. The lowest BCUT2D eigenvalue weighted by Crippen LogP contribution is -2.14. The van der Waals surface area contributed by atoms with Gasteiger partial charge in [-0.1, -0.05) is 0 Å². The van der Waals surface area contributed by atoms with Gasteiger partial charge in [-0.3, -0.25) is 9.89 Å². The molecule has 0 saturated carbocycles. The Balaban J connectivity index is 2.18. The fraction of sp³-hybridized carbons (Fsp3) is 0.100. The molecule has 82 valence electrons. The van der Waals surface area contributed by atoms with Crippen molar-refractivity contribution in [3.05, 3.63) is 35.8 Å². The summed E-state index contributed by atoms with van der Waals surface area (Å²) in [7, 11) is 0. The number of anilines is 2. The molecule has 0 radical (unpaired) electrons. The van der Waals surface area contributed by atoms with Crippen LogP contribution in [0.4, 0.5) is 11.5 Å². The first-order valence-electron chi connectivity index (χ1n) is 4.69. The number of hydrogen-bond acceptors (Lipinski definition) is 4. The summed E-state index contributed by atoms with van der Waals surface area (Å²) in [5.41, 5.74) is 7.33. The van der Waals surface area contributed by atoms with Gasteiger partial charge in [0.15, 0.2) is 0 Å². The molecule has 1 amide bonds. The van der Waals surface area contributed by atoms with Crippen molar-refractivity contribution in [3.8, 4) is 0 Å². The number of aromatic amines is 1. The summed E-state index contributed by atoms with van der Waals surface area (Å²) >= 11 is 0. The molecule has 16 heavy (non-hydrogen) atoms. The predicted molar refractivity (Wildman–Crippen MR) is 59.9 cm³/mol. The fourth-order valence-corrected chi connectivity index (χ4v) is 1.28. The topological polar surface area (TPSA) is 96.7 Å². The first kappa shape index (κ1) is 10.2. The Kier molecular flexibility index (Phi) is 2.55. The quantitative estimate of drug-likeness (QED) is 0.697. The van der Waals surface area contributed by atoms with Crippen molar-refractivity contribution in [2.24, 2.45) is 0 Å². The molecule has 2 aromatic rings. The molecule has 0 saturated heterocycles. The number of carbonyl (C=O) groups excluding carboxylic acids is 1. The third-order valence-electron chi connectivity index (χ3n) is 2.08. The smallest absolute Gasteiger partial charge is 0.274 e. The number of nitrogen functional groups attached to an aromatic ring is 1. The number of nitrogens with zero attached hydrogens (tertiary/aromatic N) is 2. The highest BCUT2D eigenvalue weighted by molar-refractivity contribution is 6.02. The maximum absolute atomic E-state index is 11.7. The number of pyridine rings is 1. The van der Waals surface area contributed by atoms with E-state index in [9.17, 15) is 4.79 Å². The van der Waals surface area contributed by atoms with Crippen LogP contribution in [0.2, 0.25) is 0 Å². The summed E-state index contributed by atoms with van der Waals surface area (Å²) in [6.07, 6.45) is 3.01. The van der Waals surface area contributed by atoms with Crippen LogP contribution < -0.4 is 11.1 Å². The Hall–Kier alpha value is -2.37. The molecule has 2 heterocycles. The van der Waals surface area contributed by atoms with Crippen molar-refractivity contribution >= 4 is 17.4 Å². The van der Waals surface area contributed by atoms with E-state index in [0.29, 0.717) is 17.2 Å². The normalized spacial score (nSPS) is 10.1. The Morgan fingerprint density at radius 3 is 3.00 bits per heavy atom.